The number of nitrogens with one attached hydrogen (secondary N) is 2. The second kappa shape index (κ2) is 5.06. The summed E-state index contributed by atoms with van der Waals surface area (Å²) in [6.07, 6.45) is 8.61. The van der Waals surface area contributed by atoms with Gasteiger partial charge in [0.05, 0.1) is 6.42 Å². The number of amides is 1. The van der Waals surface area contributed by atoms with E-state index in [1.807, 2.05) is 12.1 Å². The zero-order valence-electron chi connectivity index (χ0n) is 10.4. The lowest BCUT2D eigenvalue weighted by Crippen LogP contribution is -2.48. The predicted octanol–water partition coefficient (Wildman–Crippen LogP) is 1.02. The summed E-state index contributed by atoms with van der Waals surface area (Å²) in [4.78, 5) is 15.9. The van der Waals surface area contributed by atoms with Gasteiger partial charge >= 0.3 is 0 Å². The number of nitrogens with zero attached hydrogens (tertiary/aromatic N) is 1. The maximum Gasteiger partial charge on any atom is 0.224 e. The highest BCUT2D eigenvalue weighted by Gasteiger charge is 2.33. The van der Waals surface area contributed by atoms with E-state index in [1.54, 1.807) is 12.4 Å². The van der Waals surface area contributed by atoms with Crippen LogP contribution < -0.4 is 10.6 Å². The molecule has 1 aromatic rings. The minimum atomic E-state index is 0.132. The molecule has 4 heteroatoms. The molecule has 0 aliphatic carbocycles. The Morgan fingerprint density at radius 3 is 2.61 bits per heavy atom. The van der Waals surface area contributed by atoms with Gasteiger partial charge in [-0.3, -0.25) is 9.78 Å². The molecule has 1 aromatic heterocycles. The van der Waals surface area contributed by atoms with Crippen LogP contribution in [-0.2, 0) is 11.2 Å². The minimum Gasteiger partial charge on any atom is -0.353 e. The third kappa shape index (κ3) is 2.70. The van der Waals surface area contributed by atoms with Gasteiger partial charge in [0, 0.05) is 30.5 Å². The van der Waals surface area contributed by atoms with Crippen LogP contribution in [0.25, 0.3) is 0 Å². The van der Waals surface area contributed by atoms with E-state index in [1.165, 1.54) is 12.8 Å². The van der Waals surface area contributed by atoms with Crippen molar-refractivity contribution in [2.45, 2.75) is 50.2 Å². The molecule has 1 amide bonds. The Bertz CT molecular complexity index is 408. The van der Waals surface area contributed by atoms with Crippen molar-refractivity contribution in [3.8, 4) is 0 Å². The average Bonchev–Trinajstić information content (AvgIpc) is 2.70. The first-order valence-corrected chi connectivity index (χ1v) is 6.74. The molecular weight excluding hydrogens is 226 g/mol. The van der Waals surface area contributed by atoms with E-state index in [-0.39, 0.29) is 5.91 Å². The lowest BCUT2D eigenvalue weighted by molar-refractivity contribution is -0.121. The Morgan fingerprint density at radius 2 is 1.94 bits per heavy atom. The summed E-state index contributed by atoms with van der Waals surface area (Å²) in [7, 11) is 0. The van der Waals surface area contributed by atoms with E-state index in [9.17, 15) is 4.79 Å². The van der Waals surface area contributed by atoms with Crippen molar-refractivity contribution in [1.29, 1.82) is 0 Å². The summed E-state index contributed by atoms with van der Waals surface area (Å²) in [5.74, 6) is 0.132. The van der Waals surface area contributed by atoms with Crippen LogP contribution in [0.1, 0.15) is 31.2 Å². The van der Waals surface area contributed by atoms with Gasteiger partial charge < -0.3 is 10.6 Å². The van der Waals surface area contributed by atoms with Gasteiger partial charge in [-0.05, 0) is 43.4 Å². The summed E-state index contributed by atoms with van der Waals surface area (Å²) in [5, 5.41) is 6.75. The molecule has 3 heterocycles. The van der Waals surface area contributed by atoms with Crippen molar-refractivity contribution in [3.63, 3.8) is 0 Å². The largest absolute Gasteiger partial charge is 0.353 e. The van der Waals surface area contributed by atoms with Gasteiger partial charge in [-0.2, -0.15) is 0 Å². The highest BCUT2D eigenvalue weighted by Crippen LogP contribution is 2.26. The third-order valence-electron chi connectivity index (χ3n) is 3.95. The molecule has 0 radical (unpaired) electrons. The molecule has 18 heavy (non-hydrogen) atoms. The molecule has 2 unspecified atom stereocenters. The second-order valence-corrected chi connectivity index (χ2v) is 5.41. The number of pyridine rings is 1. The van der Waals surface area contributed by atoms with E-state index < -0.39 is 0 Å². The van der Waals surface area contributed by atoms with Crippen LogP contribution in [0.15, 0.2) is 24.5 Å². The van der Waals surface area contributed by atoms with Crippen molar-refractivity contribution in [2.24, 2.45) is 0 Å². The topological polar surface area (TPSA) is 54.0 Å². The first kappa shape index (κ1) is 11.7. The standard InChI is InChI=1S/C14H19N3O/c18-14(7-10-3-5-15-6-4-10)17-13-8-11-1-2-12(9-13)16-11/h3-6,11-13,16H,1-2,7-9H2,(H,17,18). The summed E-state index contributed by atoms with van der Waals surface area (Å²) in [6.45, 7) is 0. The summed E-state index contributed by atoms with van der Waals surface area (Å²) in [6, 6.07) is 5.39. The first-order chi connectivity index (χ1) is 8.79. The number of fused-ring (bicyclic) bond motifs is 2. The monoisotopic (exact) mass is 245 g/mol. The van der Waals surface area contributed by atoms with Gasteiger partial charge in [0.25, 0.3) is 0 Å². The second-order valence-electron chi connectivity index (χ2n) is 5.41. The molecule has 2 aliphatic rings. The molecule has 2 atom stereocenters. The smallest absolute Gasteiger partial charge is 0.224 e. The summed E-state index contributed by atoms with van der Waals surface area (Å²) < 4.78 is 0. The molecule has 0 saturated carbocycles. The van der Waals surface area contributed by atoms with Crippen LogP contribution in [0.3, 0.4) is 0 Å². The van der Waals surface area contributed by atoms with Gasteiger partial charge in [-0.15, -0.1) is 0 Å². The molecule has 0 spiro atoms. The predicted molar refractivity (Wildman–Crippen MR) is 69.1 cm³/mol. The zero-order chi connectivity index (χ0) is 12.4. The Labute approximate surface area is 107 Å². The van der Waals surface area contributed by atoms with E-state index in [4.69, 9.17) is 0 Å². The maximum atomic E-state index is 12.0. The van der Waals surface area contributed by atoms with E-state index in [2.05, 4.69) is 15.6 Å². The molecule has 2 fully saturated rings. The Morgan fingerprint density at radius 1 is 1.28 bits per heavy atom. The van der Waals surface area contributed by atoms with Gasteiger partial charge in [-0.1, -0.05) is 0 Å². The van der Waals surface area contributed by atoms with E-state index in [0.29, 0.717) is 24.5 Å². The van der Waals surface area contributed by atoms with Crippen LogP contribution >= 0.6 is 0 Å². The van der Waals surface area contributed by atoms with Gasteiger partial charge in [0.1, 0.15) is 0 Å². The van der Waals surface area contributed by atoms with Crippen LogP contribution in [0.4, 0.5) is 0 Å². The van der Waals surface area contributed by atoms with Crippen molar-refractivity contribution < 1.29 is 4.79 Å². The molecule has 2 saturated heterocycles. The Balaban J connectivity index is 1.52. The number of hydrogen-bond acceptors (Lipinski definition) is 3. The van der Waals surface area contributed by atoms with Crippen LogP contribution in [0.2, 0.25) is 0 Å². The zero-order valence-corrected chi connectivity index (χ0v) is 10.4. The number of carbonyl (C=O) groups is 1. The minimum absolute atomic E-state index is 0.132. The lowest BCUT2D eigenvalue weighted by atomic mass is 9.99. The fourth-order valence-electron chi connectivity index (χ4n) is 3.14. The van der Waals surface area contributed by atoms with Gasteiger partial charge in [0.15, 0.2) is 0 Å². The number of aromatic nitrogens is 1. The lowest BCUT2D eigenvalue weighted by Gasteiger charge is -2.29. The average molecular weight is 245 g/mol. The highest BCUT2D eigenvalue weighted by atomic mass is 16.1. The summed E-state index contributed by atoms with van der Waals surface area (Å²) in [5.41, 5.74) is 1.03. The van der Waals surface area contributed by atoms with Crippen LogP contribution in [0.5, 0.6) is 0 Å². The maximum absolute atomic E-state index is 12.0. The van der Waals surface area contributed by atoms with Crippen LogP contribution in [0, 0.1) is 0 Å². The molecule has 2 N–H and O–H groups in total. The summed E-state index contributed by atoms with van der Waals surface area (Å²) >= 11 is 0. The van der Waals surface area contributed by atoms with Gasteiger partial charge in [0.2, 0.25) is 5.91 Å². The van der Waals surface area contributed by atoms with E-state index in [0.717, 1.165) is 18.4 Å². The molecule has 96 valence electrons. The van der Waals surface area contributed by atoms with Crippen molar-refractivity contribution >= 4 is 5.91 Å². The Hall–Kier alpha value is -1.42. The SMILES string of the molecule is O=C(Cc1ccncc1)NC1CC2CCC(C1)N2. The van der Waals surface area contributed by atoms with Crippen molar-refractivity contribution in [2.75, 3.05) is 0 Å². The third-order valence-corrected chi connectivity index (χ3v) is 3.95. The highest BCUT2D eigenvalue weighted by molar-refractivity contribution is 5.78. The number of piperidine rings is 1. The molecule has 2 aliphatic heterocycles. The van der Waals surface area contributed by atoms with Gasteiger partial charge in [-0.25, -0.2) is 0 Å². The molecular formula is C14H19N3O. The quantitative estimate of drug-likeness (QED) is 0.836. The fraction of sp³-hybridized carbons (Fsp3) is 0.571. The Kier molecular flexibility index (Phi) is 3.28. The molecule has 4 nitrogen and oxygen atoms in total. The molecule has 2 bridgehead atoms. The van der Waals surface area contributed by atoms with Crippen molar-refractivity contribution in [1.82, 2.24) is 15.6 Å². The fourth-order valence-corrected chi connectivity index (χ4v) is 3.14. The van der Waals surface area contributed by atoms with E-state index >= 15 is 0 Å². The number of rotatable bonds is 3. The number of carbonyl (C=O) groups excluding carboxylic acids is 1. The normalized spacial score (nSPS) is 30.1. The first-order valence-electron chi connectivity index (χ1n) is 6.74. The molecule has 0 aromatic carbocycles. The van der Waals surface area contributed by atoms with Crippen LogP contribution in [-0.4, -0.2) is 29.0 Å². The number of hydrogen-bond donors (Lipinski definition) is 2. The van der Waals surface area contributed by atoms with Crippen molar-refractivity contribution in [3.05, 3.63) is 30.1 Å². The molecule has 3 rings (SSSR count).